The minimum absolute atomic E-state index is 0.0196. The fourth-order valence-electron chi connectivity index (χ4n) is 3.98. The van der Waals surface area contributed by atoms with Crippen LogP contribution in [0.3, 0.4) is 0 Å². The molecule has 9 heteroatoms. The number of pyridine rings is 1. The molecule has 1 aromatic carbocycles. The molecule has 0 bridgehead atoms. The summed E-state index contributed by atoms with van der Waals surface area (Å²) in [6.45, 7) is 3.93. The molecule has 6 N–H and O–H groups in total. The predicted octanol–water partition coefficient (Wildman–Crippen LogP) is 3.05. The second kappa shape index (κ2) is 8.14. The number of benzene rings is 1. The third-order valence-electron chi connectivity index (χ3n) is 5.77. The van der Waals surface area contributed by atoms with Crippen LogP contribution in [0.25, 0.3) is 10.9 Å². The largest absolute Gasteiger partial charge is 0.365 e. The van der Waals surface area contributed by atoms with Gasteiger partial charge in [0.05, 0.1) is 16.8 Å². The van der Waals surface area contributed by atoms with Crippen LogP contribution in [0.2, 0.25) is 0 Å². The second-order valence-corrected chi connectivity index (χ2v) is 8.23. The lowest BCUT2D eigenvalue weighted by Crippen LogP contribution is -2.40. The highest BCUT2D eigenvalue weighted by Gasteiger charge is 2.34. The smallest absolute Gasteiger partial charge is 0.252 e. The Balaban J connectivity index is 1.71. The van der Waals surface area contributed by atoms with Gasteiger partial charge in [0.15, 0.2) is 11.6 Å². The minimum Gasteiger partial charge on any atom is -0.365 e. The number of hydrogen-bond donors (Lipinski definition) is 4. The molecule has 164 valence electrons. The summed E-state index contributed by atoms with van der Waals surface area (Å²) in [5.74, 6) is -0.756. The van der Waals surface area contributed by atoms with Gasteiger partial charge >= 0.3 is 0 Å². The second-order valence-electron chi connectivity index (χ2n) is 8.23. The fraction of sp³-hybridized carbons (Fsp3) is 0.409. The molecule has 1 amide bonds. The molecular weight excluding hydrogens is 397 g/mol. The Bertz CT molecular complexity index is 1130. The monoisotopic (exact) mass is 425 g/mol. The first kappa shape index (κ1) is 21.0. The fourth-order valence-corrected chi connectivity index (χ4v) is 3.98. The van der Waals surface area contributed by atoms with Crippen LogP contribution < -0.4 is 22.1 Å². The molecule has 0 spiro atoms. The summed E-state index contributed by atoms with van der Waals surface area (Å²) < 4.78 is 16.6. The van der Waals surface area contributed by atoms with Crippen LogP contribution in [0.1, 0.15) is 42.7 Å². The highest BCUT2D eigenvalue weighted by atomic mass is 19.1. The number of primary amides is 1. The zero-order chi connectivity index (χ0) is 22.3. The summed E-state index contributed by atoms with van der Waals surface area (Å²) in [5, 5.41) is 11.8. The Morgan fingerprint density at radius 2 is 2.06 bits per heavy atom. The van der Waals surface area contributed by atoms with Crippen molar-refractivity contribution in [2.24, 2.45) is 24.4 Å². The van der Waals surface area contributed by atoms with E-state index < -0.39 is 11.7 Å². The molecule has 2 aromatic heterocycles. The van der Waals surface area contributed by atoms with E-state index in [-0.39, 0.29) is 29.3 Å². The zero-order valence-electron chi connectivity index (χ0n) is 17.9. The average Bonchev–Trinajstić information content (AvgIpc) is 3.51. The Morgan fingerprint density at radius 1 is 1.32 bits per heavy atom. The van der Waals surface area contributed by atoms with E-state index in [0.29, 0.717) is 11.6 Å². The maximum Gasteiger partial charge on any atom is 0.252 e. The van der Waals surface area contributed by atoms with E-state index in [2.05, 4.69) is 20.7 Å². The number of aromatic nitrogens is 3. The third-order valence-corrected chi connectivity index (χ3v) is 5.77. The first-order chi connectivity index (χ1) is 14.8. The summed E-state index contributed by atoms with van der Waals surface area (Å²) in [4.78, 5) is 16.3. The van der Waals surface area contributed by atoms with Crippen molar-refractivity contribution >= 4 is 34.1 Å². The number of aryl methyl sites for hydroxylation is 2. The molecule has 0 saturated heterocycles. The Hall–Kier alpha value is -3.20. The van der Waals surface area contributed by atoms with Crippen molar-refractivity contribution in [3.8, 4) is 0 Å². The molecule has 2 atom stereocenters. The van der Waals surface area contributed by atoms with Crippen molar-refractivity contribution in [2.45, 2.75) is 45.2 Å². The third kappa shape index (κ3) is 4.18. The molecule has 31 heavy (non-hydrogen) atoms. The molecule has 1 fully saturated rings. The molecule has 3 aromatic rings. The van der Waals surface area contributed by atoms with E-state index in [0.717, 1.165) is 41.9 Å². The highest BCUT2D eigenvalue weighted by Crippen LogP contribution is 2.36. The van der Waals surface area contributed by atoms with Crippen LogP contribution in [-0.2, 0) is 13.5 Å². The van der Waals surface area contributed by atoms with Crippen LogP contribution in [0, 0.1) is 11.7 Å². The van der Waals surface area contributed by atoms with Gasteiger partial charge in [0.1, 0.15) is 5.82 Å². The number of nitrogens with two attached hydrogens (primary N) is 2. The van der Waals surface area contributed by atoms with E-state index in [1.54, 1.807) is 0 Å². The van der Waals surface area contributed by atoms with Gasteiger partial charge in [-0.15, -0.1) is 0 Å². The lowest BCUT2D eigenvalue weighted by atomic mass is 10.1. The van der Waals surface area contributed by atoms with E-state index >= 15 is 0 Å². The van der Waals surface area contributed by atoms with Gasteiger partial charge in [-0.25, -0.2) is 9.37 Å². The summed E-state index contributed by atoms with van der Waals surface area (Å²) >= 11 is 0. The van der Waals surface area contributed by atoms with Gasteiger partial charge in [-0.05, 0) is 56.4 Å². The SMILES string of the molecule is CCc1nn(C)c2ccc(Nc3nc(N[C@H](C4CC4)[C@H](C)N)c(F)cc3C(N)=O)cc12. The van der Waals surface area contributed by atoms with E-state index in [4.69, 9.17) is 11.5 Å². The number of carbonyl (C=O) groups excluding carboxylic acids is 1. The normalized spacial score (nSPS) is 15.6. The van der Waals surface area contributed by atoms with Gasteiger partial charge in [-0.1, -0.05) is 6.92 Å². The Labute approximate surface area is 180 Å². The van der Waals surface area contributed by atoms with Crippen molar-refractivity contribution < 1.29 is 9.18 Å². The van der Waals surface area contributed by atoms with E-state index in [1.807, 2.05) is 43.8 Å². The number of halogens is 1. The summed E-state index contributed by atoms with van der Waals surface area (Å²) in [6.07, 6.45) is 2.89. The van der Waals surface area contributed by atoms with Gasteiger partial charge in [0.2, 0.25) is 0 Å². The molecule has 0 unspecified atom stereocenters. The Kier molecular flexibility index (Phi) is 5.53. The number of nitrogens with zero attached hydrogens (tertiary/aromatic N) is 3. The Morgan fingerprint density at radius 3 is 2.68 bits per heavy atom. The van der Waals surface area contributed by atoms with Crippen LogP contribution in [-0.4, -0.2) is 32.8 Å². The number of rotatable bonds is 8. The lowest BCUT2D eigenvalue weighted by molar-refractivity contribution is 0.100. The maximum absolute atomic E-state index is 14.7. The van der Waals surface area contributed by atoms with Crippen molar-refractivity contribution in [2.75, 3.05) is 10.6 Å². The maximum atomic E-state index is 14.7. The zero-order valence-corrected chi connectivity index (χ0v) is 17.9. The van der Waals surface area contributed by atoms with Crippen molar-refractivity contribution in [3.05, 3.63) is 41.3 Å². The van der Waals surface area contributed by atoms with Crippen LogP contribution in [0.4, 0.5) is 21.7 Å². The first-order valence-corrected chi connectivity index (χ1v) is 10.5. The standard InChI is InChI=1S/C22H28FN7O/c1-4-17-14-9-13(7-8-18(14)30(3)29-17)26-21-15(20(25)31)10-16(23)22(28-21)27-19(11(2)24)12-5-6-12/h7-12,19H,4-6,24H2,1-3H3,(H2,25,31)(H2,26,27,28)/t11-,19-/m0/s1. The number of hydrogen-bond acceptors (Lipinski definition) is 6. The topological polar surface area (TPSA) is 124 Å². The molecule has 8 nitrogen and oxygen atoms in total. The van der Waals surface area contributed by atoms with Crippen LogP contribution in [0.5, 0.6) is 0 Å². The van der Waals surface area contributed by atoms with E-state index in [9.17, 15) is 9.18 Å². The quantitative estimate of drug-likeness (QED) is 0.440. The predicted molar refractivity (Wildman–Crippen MR) is 120 cm³/mol. The molecule has 2 heterocycles. The lowest BCUT2D eigenvalue weighted by Gasteiger charge is -2.23. The van der Waals surface area contributed by atoms with Gasteiger partial charge in [0.25, 0.3) is 5.91 Å². The number of carbonyl (C=O) groups is 1. The number of anilines is 3. The molecule has 0 aliphatic heterocycles. The molecule has 1 saturated carbocycles. The molecule has 0 radical (unpaired) electrons. The molecule has 4 rings (SSSR count). The average molecular weight is 426 g/mol. The van der Waals surface area contributed by atoms with E-state index in [1.165, 1.54) is 0 Å². The minimum atomic E-state index is -0.761. The summed E-state index contributed by atoms with van der Waals surface area (Å²) in [6, 6.07) is 6.61. The van der Waals surface area contributed by atoms with Crippen LogP contribution >= 0.6 is 0 Å². The molecule has 1 aliphatic rings. The summed E-state index contributed by atoms with van der Waals surface area (Å²) in [5.41, 5.74) is 14.2. The molecular formula is C22H28FN7O. The highest BCUT2D eigenvalue weighted by molar-refractivity contribution is 5.99. The van der Waals surface area contributed by atoms with Crippen molar-refractivity contribution in [1.29, 1.82) is 0 Å². The van der Waals surface area contributed by atoms with Gasteiger partial charge < -0.3 is 22.1 Å². The van der Waals surface area contributed by atoms with Gasteiger partial charge in [0, 0.05) is 30.2 Å². The number of fused-ring (bicyclic) bond motifs is 1. The van der Waals surface area contributed by atoms with Crippen LogP contribution in [0.15, 0.2) is 24.3 Å². The first-order valence-electron chi connectivity index (χ1n) is 10.5. The number of amides is 1. The van der Waals surface area contributed by atoms with Crippen molar-refractivity contribution in [3.63, 3.8) is 0 Å². The molecule has 1 aliphatic carbocycles. The van der Waals surface area contributed by atoms with Gasteiger partial charge in [-0.3, -0.25) is 9.48 Å². The van der Waals surface area contributed by atoms with Crippen molar-refractivity contribution in [1.82, 2.24) is 14.8 Å². The van der Waals surface area contributed by atoms with Gasteiger partial charge in [-0.2, -0.15) is 5.10 Å². The number of nitrogens with one attached hydrogen (secondary N) is 2. The summed E-state index contributed by atoms with van der Waals surface area (Å²) in [7, 11) is 1.90.